The minimum absolute atomic E-state index is 0.0127. The Morgan fingerprint density at radius 2 is 1.59 bits per heavy atom. The first-order valence-electron chi connectivity index (χ1n) is 22.3. The van der Waals surface area contributed by atoms with Gasteiger partial charge in [-0.2, -0.15) is 0 Å². The van der Waals surface area contributed by atoms with Crippen molar-refractivity contribution < 1.29 is 29.0 Å². The first-order chi connectivity index (χ1) is 27.5. The number of fused-ring (bicyclic) bond motifs is 7. The molecular weight excluding hydrogens is 743 g/mol. The monoisotopic (exact) mass is 814 g/mol. The van der Waals surface area contributed by atoms with E-state index in [0.717, 1.165) is 80.6 Å². The molecule has 5 aliphatic rings. The molecule has 1 aromatic heterocycles. The quantitative estimate of drug-likeness (QED) is 0.224. The summed E-state index contributed by atoms with van der Waals surface area (Å²) in [5.41, 5.74) is 2.00. The van der Waals surface area contributed by atoms with E-state index in [4.69, 9.17) is 9.47 Å². The predicted octanol–water partition coefficient (Wildman–Crippen LogP) is 8.85. The number of aromatic nitrogens is 2. The van der Waals surface area contributed by atoms with Crippen molar-refractivity contribution in [2.45, 2.75) is 145 Å². The molecule has 4 fully saturated rings. The molecule has 59 heavy (non-hydrogen) atoms. The molecule has 1 aromatic carbocycles. The second-order valence-corrected chi connectivity index (χ2v) is 21.8. The molecule has 2 aromatic rings. The van der Waals surface area contributed by atoms with E-state index in [1.165, 1.54) is 5.57 Å². The smallest absolute Gasteiger partial charge is 0.309 e. The minimum Gasteiger partial charge on any atom is -0.497 e. The lowest BCUT2D eigenvalue weighted by atomic mass is 9.33. The Balaban J connectivity index is 1.27. The maximum absolute atomic E-state index is 14.6. The molecule has 0 bridgehead atoms. The van der Waals surface area contributed by atoms with Crippen LogP contribution in [0.5, 0.6) is 5.75 Å². The third-order valence-electron chi connectivity index (χ3n) is 17.4. The molecular formula is C49H71N3O7. The van der Waals surface area contributed by atoms with Crippen molar-refractivity contribution in [3.8, 4) is 11.4 Å². The van der Waals surface area contributed by atoms with Crippen molar-refractivity contribution in [1.29, 1.82) is 0 Å². The first kappa shape index (κ1) is 43.4. The molecule has 0 radical (unpaired) electrons. The summed E-state index contributed by atoms with van der Waals surface area (Å²) in [6.45, 7) is 21.1. The van der Waals surface area contributed by atoms with Crippen LogP contribution in [0.1, 0.15) is 132 Å². The van der Waals surface area contributed by atoms with Crippen molar-refractivity contribution in [3.05, 3.63) is 57.5 Å². The number of aliphatic carboxylic acids is 1. The average molecular weight is 814 g/mol. The molecule has 4 saturated carbocycles. The van der Waals surface area contributed by atoms with Crippen molar-refractivity contribution >= 4 is 17.7 Å². The van der Waals surface area contributed by atoms with Gasteiger partial charge >= 0.3 is 11.9 Å². The number of hydrogen-bond acceptors (Lipinski definition) is 7. The number of ketones is 1. The van der Waals surface area contributed by atoms with E-state index in [-0.39, 0.29) is 57.4 Å². The lowest BCUT2D eigenvalue weighted by Gasteiger charge is -2.72. The summed E-state index contributed by atoms with van der Waals surface area (Å²) in [6, 6.07) is 9.54. The zero-order valence-corrected chi connectivity index (χ0v) is 38.0. The van der Waals surface area contributed by atoms with Gasteiger partial charge in [0.2, 0.25) is 0 Å². The molecule has 0 amide bonds. The largest absolute Gasteiger partial charge is 0.497 e. The van der Waals surface area contributed by atoms with Crippen LogP contribution in [-0.4, -0.2) is 70.9 Å². The van der Waals surface area contributed by atoms with Gasteiger partial charge in [-0.05, 0) is 155 Å². The number of methoxy groups -OCH3 is 1. The van der Waals surface area contributed by atoms with Gasteiger partial charge in [0, 0.05) is 29.9 Å². The van der Waals surface area contributed by atoms with Gasteiger partial charge in [-0.15, -0.1) is 0 Å². The van der Waals surface area contributed by atoms with Gasteiger partial charge in [0.25, 0.3) is 5.56 Å². The fraction of sp³-hybridized carbons (Fsp3) is 0.714. The summed E-state index contributed by atoms with van der Waals surface area (Å²) in [5.74, 6) is 0.645. The van der Waals surface area contributed by atoms with E-state index in [1.54, 1.807) is 21.0 Å². The molecule has 10 heteroatoms. The highest BCUT2D eigenvalue weighted by Crippen LogP contribution is 2.77. The number of carboxylic acid groups (broad SMARTS) is 1. The summed E-state index contributed by atoms with van der Waals surface area (Å²) in [4.78, 5) is 56.1. The highest BCUT2D eigenvalue weighted by atomic mass is 16.5. The van der Waals surface area contributed by atoms with Crippen molar-refractivity contribution in [2.24, 2.45) is 50.7 Å². The lowest BCUT2D eigenvalue weighted by Crippen LogP contribution is -2.66. The topological polar surface area (TPSA) is 120 Å². The number of carbonyl (C=O) groups excluding carboxylic acids is 2. The zero-order chi connectivity index (χ0) is 43.2. The van der Waals surface area contributed by atoms with E-state index >= 15 is 0 Å². The molecule has 2 unspecified atom stereocenters. The third-order valence-corrected chi connectivity index (χ3v) is 17.4. The second kappa shape index (κ2) is 14.8. The summed E-state index contributed by atoms with van der Waals surface area (Å²) in [5, 5.41) is 9.68. The van der Waals surface area contributed by atoms with Crippen LogP contribution in [0.4, 0.5) is 0 Å². The number of Topliss-reactive ketones (excluding diaryl/α,β-unsaturated/α-hetero) is 1. The van der Waals surface area contributed by atoms with Gasteiger partial charge in [-0.3, -0.25) is 23.9 Å². The van der Waals surface area contributed by atoms with Crippen molar-refractivity contribution in [1.82, 2.24) is 14.3 Å². The van der Waals surface area contributed by atoms with Crippen molar-refractivity contribution in [3.63, 3.8) is 0 Å². The normalized spacial score (nSPS) is 34.0. The van der Waals surface area contributed by atoms with E-state index in [0.29, 0.717) is 24.8 Å². The predicted molar refractivity (Wildman–Crippen MR) is 230 cm³/mol. The fourth-order valence-electron chi connectivity index (χ4n) is 14.1. The third kappa shape index (κ3) is 6.59. The fourth-order valence-corrected chi connectivity index (χ4v) is 14.1. The number of likely N-dealkylation sites (N-methyl/N-ethyl adjacent to an activating group) is 1. The highest BCUT2D eigenvalue weighted by molar-refractivity contribution is 6.01. The van der Waals surface area contributed by atoms with Gasteiger partial charge in [0.05, 0.1) is 36.9 Å². The van der Waals surface area contributed by atoms with Gasteiger partial charge in [0.1, 0.15) is 11.9 Å². The van der Waals surface area contributed by atoms with E-state index in [9.17, 15) is 24.3 Å². The SMILES string of the molecule is COc1ccc(-n2c(=O)cc([C@@]34CC[C@]5(C)C(CCC6[C@@]7(C)CC[C@H](OC(=O)CC(C)(C)C(=O)O)C(C)(C)[C@@H]7CC[C@]65C)C3=C(C(C)C)C(=O)C4)n2CCN(C)C)cc1. The maximum atomic E-state index is 14.6. The molecule has 324 valence electrons. The number of allylic oxidation sites excluding steroid dienone is 2. The Bertz CT molecular complexity index is 2090. The molecule has 7 rings (SSSR count). The minimum atomic E-state index is -1.18. The number of benzene rings is 1. The molecule has 1 N–H and O–H groups in total. The van der Waals surface area contributed by atoms with Crippen molar-refractivity contribution in [2.75, 3.05) is 27.7 Å². The second-order valence-electron chi connectivity index (χ2n) is 21.8. The van der Waals surface area contributed by atoms with Crippen LogP contribution in [0.2, 0.25) is 0 Å². The van der Waals surface area contributed by atoms with Gasteiger partial charge < -0.3 is 19.5 Å². The molecule has 10 nitrogen and oxygen atoms in total. The first-order valence-corrected chi connectivity index (χ1v) is 22.3. The Labute approximate surface area is 352 Å². The Kier molecular flexibility index (Phi) is 10.9. The highest BCUT2D eigenvalue weighted by Gasteiger charge is 2.70. The number of hydrogen-bond donors (Lipinski definition) is 1. The number of carbonyl (C=O) groups is 3. The van der Waals surface area contributed by atoms with Crippen LogP contribution < -0.4 is 10.3 Å². The summed E-state index contributed by atoms with van der Waals surface area (Å²) in [6.07, 6.45) is 7.70. The maximum Gasteiger partial charge on any atom is 0.309 e. The summed E-state index contributed by atoms with van der Waals surface area (Å²) < 4.78 is 15.7. The number of nitrogens with zero attached hydrogens (tertiary/aromatic N) is 3. The molecule has 0 spiro atoms. The molecule has 0 aliphatic heterocycles. The van der Waals surface area contributed by atoms with E-state index in [2.05, 4.69) is 72.1 Å². The van der Waals surface area contributed by atoms with E-state index in [1.807, 2.05) is 35.0 Å². The van der Waals surface area contributed by atoms with Gasteiger partial charge in [0.15, 0.2) is 5.78 Å². The van der Waals surface area contributed by atoms with Crippen LogP contribution in [0.3, 0.4) is 0 Å². The Morgan fingerprint density at radius 3 is 2.20 bits per heavy atom. The molecule has 5 aliphatic carbocycles. The number of rotatable bonds is 11. The number of ether oxygens (including phenoxy) is 2. The summed E-state index contributed by atoms with van der Waals surface area (Å²) in [7, 11) is 5.76. The number of carboxylic acids is 1. The standard InChI is InChI=1S/C49H71N3O7/c1-30(2)41-34(53)28-49(37-27-39(54)52(51(37)26-25-50(10)11)31-13-15-32(58-12)16-14-31)24-23-47(8)33(42(41)49)17-18-36-46(7)21-20-38(59-40(55)29-44(3,4)43(56)57)45(5,6)35(46)19-22-48(36,47)9/h13-16,27,30,33,35-36,38H,17-26,28-29H2,1-12H3,(H,56,57)/t33?,35-,36?,38-,46-,47+,48+,49-/m0/s1. The summed E-state index contributed by atoms with van der Waals surface area (Å²) >= 11 is 0. The van der Waals surface area contributed by atoms with E-state index < -0.39 is 22.8 Å². The van der Waals surface area contributed by atoms with Gasteiger partial charge in [-0.1, -0.05) is 48.5 Å². The lowest BCUT2D eigenvalue weighted by molar-refractivity contribution is -0.232. The Hall–Kier alpha value is -3.66. The molecule has 8 atom stereocenters. The number of esters is 1. The average Bonchev–Trinajstić information content (AvgIpc) is 3.65. The van der Waals surface area contributed by atoms with Crippen LogP contribution in [0.15, 0.2) is 46.3 Å². The van der Waals surface area contributed by atoms with Crippen LogP contribution in [-0.2, 0) is 31.1 Å². The van der Waals surface area contributed by atoms with Crippen LogP contribution >= 0.6 is 0 Å². The molecule has 1 heterocycles. The van der Waals surface area contributed by atoms with Crippen LogP contribution in [0, 0.1) is 50.7 Å². The Morgan fingerprint density at radius 1 is 0.915 bits per heavy atom. The molecule has 0 saturated heterocycles. The zero-order valence-electron chi connectivity index (χ0n) is 38.0. The van der Waals surface area contributed by atoms with Gasteiger partial charge in [-0.25, -0.2) is 4.68 Å². The van der Waals surface area contributed by atoms with Crippen LogP contribution in [0.25, 0.3) is 5.69 Å².